The zero-order valence-electron chi connectivity index (χ0n) is 13.7. The van der Waals surface area contributed by atoms with Crippen molar-refractivity contribution in [3.63, 3.8) is 0 Å². The smallest absolute Gasteiger partial charge is 0.262 e. The van der Waals surface area contributed by atoms with Crippen LogP contribution >= 0.6 is 15.9 Å². The van der Waals surface area contributed by atoms with Crippen molar-refractivity contribution in [2.75, 3.05) is 17.7 Å². The summed E-state index contributed by atoms with van der Waals surface area (Å²) < 4.78 is 29.7. The molecule has 1 aliphatic heterocycles. The van der Waals surface area contributed by atoms with Gasteiger partial charge in [-0.05, 0) is 66.4 Å². The number of benzene rings is 1. The van der Waals surface area contributed by atoms with E-state index < -0.39 is 9.84 Å². The van der Waals surface area contributed by atoms with Gasteiger partial charge in [0.25, 0.3) is 5.91 Å². The van der Waals surface area contributed by atoms with Gasteiger partial charge < -0.3 is 9.32 Å². The van der Waals surface area contributed by atoms with Crippen LogP contribution < -0.4 is 4.90 Å². The van der Waals surface area contributed by atoms with Crippen molar-refractivity contribution in [3.05, 3.63) is 45.3 Å². The molecule has 2 heterocycles. The van der Waals surface area contributed by atoms with Crippen LogP contribution in [0.3, 0.4) is 0 Å². The first-order valence-corrected chi connectivity index (χ1v) is 10.3. The molecule has 1 aliphatic rings. The molecule has 1 aromatic carbocycles. The molecule has 0 saturated carbocycles. The molecule has 3 rings (SSSR count). The Labute approximate surface area is 149 Å². The molecule has 5 nitrogen and oxygen atoms in total. The number of nitrogens with zero attached hydrogens (tertiary/aromatic N) is 1. The lowest BCUT2D eigenvalue weighted by molar-refractivity contribution is 0.0983. The van der Waals surface area contributed by atoms with Gasteiger partial charge in [-0.15, -0.1) is 0 Å². The van der Waals surface area contributed by atoms with Gasteiger partial charge in [-0.3, -0.25) is 4.79 Å². The van der Waals surface area contributed by atoms with Crippen molar-refractivity contribution in [3.8, 4) is 0 Å². The summed E-state index contributed by atoms with van der Waals surface area (Å²) in [5.74, 6) is 1.11. The largest absolute Gasteiger partial charge is 0.465 e. The van der Waals surface area contributed by atoms with Crippen molar-refractivity contribution in [2.24, 2.45) is 0 Å². The Morgan fingerprint density at radius 3 is 2.54 bits per heavy atom. The maximum Gasteiger partial charge on any atom is 0.262 e. The summed E-state index contributed by atoms with van der Waals surface area (Å²) in [4.78, 5) is 15.0. The molecule has 1 aromatic heterocycles. The van der Waals surface area contributed by atoms with Crippen LogP contribution in [0.15, 0.2) is 32.0 Å². The van der Waals surface area contributed by atoms with Gasteiger partial charge in [-0.25, -0.2) is 8.42 Å². The average molecular weight is 412 g/mol. The first kappa shape index (κ1) is 17.2. The number of rotatable bonds is 2. The molecule has 2 aromatic rings. The predicted molar refractivity (Wildman–Crippen MR) is 95.4 cm³/mol. The summed E-state index contributed by atoms with van der Waals surface area (Å²) in [5, 5.41) is 0. The number of aryl methyl sites for hydroxylation is 3. The van der Waals surface area contributed by atoms with E-state index in [1.54, 1.807) is 36.9 Å². The number of carbonyl (C=O) groups is 1. The maximum absolute atomic E-state index is 13.0. The van der Waals surface area contributed by atoms with Crippen molar-refractivity contribution in [1.82, 2.24) is 0 Å². The molecule has 128 valence electrons. The van der Waals surface area contributed by atoms with Crippen LogP contribution in [0.5, 0.6) is 0 Å². The second kappa shape index (κ2) is 6.04. The molecule has 0 aliphatic carbocycles. The van der Waals surface area contributed by atoms with Crippen LogP contribution in [0.2, 0.25) is 0 Å². The van der Waals surface area contributed by atoms with Crippen LogP contribution in [-0.2, 0) is 16.3 Å². The fraction of sp³-hybridized carbons (Fsp3) is 0.353. The van der Waals surface area contributed by atoms with Crippen LogP contribution in [0.25, 0.3) is 0 Å². The number of furan rings is 1. The third kappa shape index (κ3) is 2.91. The topological polar surface area (TPSA) is 67.6 Å². The molecule has 0 unspecified atom stereocenters. The number of fused-ring (bicyclic) bond motifs is 1. The van der Waals surface area contributed by atoms with Crippen LogP contribution in [0, 0.1) is 13.8 Å². The van der Waals surface area contributed by atoms with Crippen molar-refractivity contribution in [2.45, 2.75) is 31.6 Å². The molecule has 1 amide bonds. The molecule has 0 N–H and O–H groups in total. The second-order valence-electron chi connectivity index (χ2n) is 6.03. The molecule has 0 atom stereocenters. The molecule has 0 radical (unpaired) electrons. The maximum atomic E-state index is 13.0. The van der Waals surface area contributed by atoms with Gasteiger partial charge >= 0.3 is 0 Å². The lowest BCUT2D eigenvalue weighted by Crippen LogP contribution is -2.35. The summed E-state index contributed by atoms with van der Waals surface area (Å²) in [6, 6.07) is 4.95. The molecule has 0 saturated heterocycles. The second-order valence-corrected chi connectivity index (χ2v) is 8.84. The Balaban J connectivity index is 2.05. The highest BCUT2D eigenvalue weighted by atomic mass is 79.9. The summed E-state index contributed by atoms with van der Waals surface area (Å²) >= 11 is 3.43. The minimum absolute atomic E-state index is 0.135. The van der Waals surface area contributed by atoms with E-state index in [-0.39, 0.29) is 10.8 Å². The van der Waals surface area contributed by atoms with Crippen LogP contribution in [-0.4, -0.2) is 27.1 Å². The van der Waals surface area contributed by atoms with Gasteiger partial charge in [0.05, 0.1) is 14.9 Å². The number of hydrogen-bond donors (Lipinski definition) is 0. The number of hydrogen-bond acceptors (Lipinski definition) is 4. The Kier molecular flexibility index (Phi) is 4.34. The van der Waals surface area contributed by atoms with Crippen molar-refractivity contribution < 1.29 is 17.6 Å². The zero-order chi connectivity index (χ0) is 17.6. The quantitative estimate of drug-likeness (QED) is 0.755. The number of anilines is 1. The van der Waals surface area contributed by atoms with E-state index in [0.717, 1.165) is 24.1 Å². The van der Waals surface area contributed by atoms with E-state index in [9.17, 15) is 13.2 Å². The first-order valence-electron chi connectivity index (χ1n) is 7.60. The van der Waals surface area contributed by atoms with Crippen LogP contribution in [0.1, 0.15) is 33.9 Å². The molecule has 0 bridgehead atoms. The number of sulfone groups is 1. The zero-order valence-corrected chi connectivity index (χ0v) is 16.1. The Morgan fingerprint density at radius 2 is 1.96 bits per heavy atom. The normalized spacial score (nSPS) is 14.6. The SMILES string of the molecule is Cc1oc(C)c(C(=O)N2CCCc3cc(S(C)(=O)=O)ccc32)c1Br. The summed E-state index contributed by atoms with van der Waals surface area (Å²) in [6.45, 7) is 4.17. The van der Waals surface area contributed by atoms with Gasteiger partial charge in [0.15, 0.2) is 9.84 Å². The van der Waals surface area contributed by atoms with E-state index in [4.69, 9.17) is 4.42 Å². The highest BCUT2D eigenvalue weighted by molar-refractivity contribution is 9.10. The highest BCUT2D eigenvalue weighted by Gasteiger charge is 2.29. The van der Waals surface area contributed by atoms with Gasteiger partial charge in [0.2, 0.25) is 0 Å². The summed E-state index contributed by atoms with van der Waals surface area (Å²) in [7, 11) is -3.26. The van der Waals surface area contributed by atoms with E-state index in [1.165, 1.54) is 6.26 Å². The minimum Gasteiger partial charge on any atom is -0.465 e. The van der Waals surface area contributed by atoms with E-state index >= 15 is 0 Å². The molecule has 0 fully saturated rings. The van der Waals surface area contributed by atoms with Gasteiger partial charge in [0.1, 0.15) is 11.5 Å². The third-order valence-electron chi connectivity index (χ3n) is 4.24. The Hall–Kier alpha value is -1.60. The van der Waals surface area contributed by atoms with Gasteiger partial charge in [0, 0.05) is 18.5 Å². The lowest BCUT2D eigenvalue weighted by atomic mass is 10.0. The predicted octanol–water partition coefficient (Wildman–Crippen LogP) is 3.66. The van der Waals surface area contributed by atoms with E-state index in [2.05, 4.69) is 15.9 Å². The number of halogens is 1. The average Bonchev–Trinajstić information content (AvgIpc) is 2.77. The van der Waals surface area contributed by atoms with Crippen molar-refractivity contribution in [1.29, 1.82) is 0 Å². The number of amides is 1. The van der Waals surface area contributed by atoms with E-state index in [1.807, 2.05) is 0 Å². The Bertz CT molecular complexity index is 930. The first-order chi connectivity index (χ1) is 11.2. The molecular formula is C17H18BrNO4S. The van der Waals surface area contributed by atoms with E-state index in [0.29, 0.717) is 28.1 Å². The summed E-state index contributed by atoms with van der Waals surface area (Å²) in [5.41, 5.74) is 2.17. The van der Waals surface area contributed by atoms with Gasteiger partial charge in [-0.1, -0.05) is 0 Å². The standard InChI is InChI=1S/C17H18BrNO4S/c1-10-15(16(18)11(2)23-10)17(20)19-8-4-5-12-9-13(24(3,21)22)6-7-14(12)19/h6-7,9H,4-5,8H2,1-3H3. The molecule has 0 spiro atoms. The van der Waals surface area contributed by atoms with Gasteiger partial charge in [-0.2, -0.15) is 0 Å². The number of carbonyl (C=O) groups excluding carboxylic acids is 1. The Morgan fingerprint density at radius 1 is 1.25 bits per heavy atom. The molecule has 7 heteroatoms. The fourth-order valence-corrected chi connectivity index (χ4v) is 4.25. The lowest BCUT2D eigenvalue weighted by Gasteiger charge is -2.29. The molecule has 24 heavy (non-hydrogen) atoms. The monoisotopic (exact) mass is 411 g/mol. The van der Waals surface area contributed by atoms with Crippen LogP contribution in [0.4, 0.5) is 5.69 Å². The summed E-state index contributed by atoms with van der Waals surface area (Å²) in [6.07, 6.45) is 2.74. The third-order valence-corrected chi connectivity index (χ3v) is 6.31. The minimum atomic E-state index is -3.26. The van der Waals surface area contributed by atoms with Crippen molar-refractivity contribution >= 4 is 37.4 Å². The highest BCUT2D eigenvalue weighted by Crippen LogP contribution is 2.34. The fourth-order valence-electron chi connectivity index (χ4n) is 3.05. The molecular weight excluding hydrogens is 394 g/mol.